The molecule has 2 aromatic carbocycles. The van der Waals surface area contributed by atoms with E-state index in [1.165, 1.54) is 30.5 Å². The lowest BCUT2D eigenvalue weighted by Crippen LogP contribution is -2.39. The minimum absolute atomic E-state index is 0.0255. The quantitative estimate of drug-likeness (QED) is 0.396. The van der Waals surface area contributed by atoms with E-state index in [9.17, 15) is 13.2 Å². The maximum Gasteiger partial charge on any atom is 0.255 e. The van der Waals surface area contributed by atoms with Crippen molar-refractivity contribution >= 4 is 45.3 Å². The number of carbonyl (C=O) groups excluding carboxylic acids is 1. The monoisotopic (exact) mass is 476 g/mol. The van der Waals surface area contributed by atoms with Gasteiger partial charge < -0.3 is 0 Å². The summed E-state index contributed by atoms with van der Waals surface area (Å²) in [6.07, 6.45) is 4.61. The lowest BCUT2D eigenvalue weighted by atomic mass is 10.2. The zero-order chi connectivity index (χ0) is 22.3. The Kier molecular flexibility index (Phi) is 7.75. The second kappa shape index (κ2) is 10.5. The van der Waals surface area contributed by atoms with Crippen molar-refractivity contribution in [3.63, 3.8) is 0 Å². The van der Waals surface area contributed by atoms with Crippen LogP contribution in [0.5, 0.6) is 0 Å². The maximum absolute atomic E-state index is 13.2. The first kappa shape index (κ1) is 22.9. The van der Waals surface area contributed by atoms with E-state index in [2.05, 4.69) is 15.5 Å². The molecule has 0 aliphatic carbocycles. The summed E-state index contributed by atoms with van der Waals surface area (Å²) in [6, 6.07) is 16.0. The summed E-state index contributed by atoms with van der Waals surface area (Å²) in [6.45, 7) is -0.458. The van der Waals surface area contributed by atoms with Gasteiger partial charge in [-0.25, -0.2) is 13.8 Å². The van der Waals surface area contributed by atoms with Gasteiger partial charge in [-0.3, -0.25) is 9.78 Å². The van der Waals surface area contributed by atoms with Crippen molar-refractivity contribution in [2.75, 3.05) is 6.54 Å². The van der Waals surface area contributed by atoms with Gasteiger partial charge in [0.2, 0.25) is 10.0 Å². The van der Waals surface area contributed by atoms with Crippen molar-refractivity contribution in [3.05, 3.63) is 94.2 Å². The molecule has 160 valence electrons. The van der Waals surface area contributed by atoms with Gasteiger partial charge >= 0.3 is 0 Å². The molecular formula is C21H18Cl2N4O3S. The molecule has 0 radical (unpaired) electrons. The van der Waals surface area contributed by atoms with Gasteiger partial charge in [-0.15, -0.1) is 0 Å². The number of amides is 1. The van der Waals surface area contributed by atoms with Crippen molar-refractivity contribution in [3.8, 4) is 0 Å². The number of sulfonamides is 1. The van der Waals surface area contributed by atoms with E-state index in [4.69, 9.17) is 23.2 Å². The first-order valence-corrected chi connectivity index (χ1v) is 11.3. The largest absolute Gasteiger partial charge is 0.272 e. The molecule has 1 N–H and O–H groups in total. The molecule has 1 heterocycles. The Labute approximate surface area is 190 Å². The summed E-state index contributed by atoms with van der Waals surface area (Å²) in [5.74, 6) is -0.591. The Hall–Kier alpha value is -2.78. The molecule has 0 atom stereocenters. The van der Waals surface area contributed by atoms with E-state index < -0.39 is 22.5 Å². The molecule has 1 amide bonds. The number of carbonyl (C=O) groups is 1. The summed E-state index contributed by atoms with van der Waals surface area (Å²) in [7, 11) is -3.98. The predicted octanol–water partition coefficient (Wildman–Crippen LogP) is 3.73. The lowest BCUT2D eigenvalue weighted by Gasteiger charge is -2.21. The van der Waals surface area contributed by atoms with Crippen LogP contribution in [0.4, 0.5) is 0 Å². The Bertz CT molecular complexity index is 1150. The van der Waals surface area contributed by atoms with Crippen molar-refractivity contribution in [1.82, 2.24) is 14.7 Å². The van der Waals surface area contributed by atoms with E-state index >= 15 is 0 Å². The Balaban J connectivity index is 1.79. The number of pyridine rings is 1. The van der Waals surface area contributed by atoms with Crippen LogP contribution in [0.2, 0.25) is 10.0 Å². The second-order valence-electron chi connectivity index (χ2n) is 6.43. The second-order valence-corrected chi connectivity index (χ2v) is 9.24. The molecule has 0 unspecified atom stereocenters. The van der Waals surface area contributed by atoms with Gasteiger partial charge in [0.25, 0.3) is 5.91 Å². The van der Waals surface area contributed by atoms with Crippen LogP contribution in [0.15, 0.2) is 83.1 Å². The minimum atomic E-state index is -3.98. The molecule has 10 heteroatoms. The smallest absolute Gasteiger partial charge is 0.255 e. The van der Waals surface area contributed by atoms with Gasteiger partial charge in [-0.2, -0.15) is 9.41 Å². The number of hydrogen-bond acceptors (Lipinski definition) is 5. The van der Waals surface area contributed by atoms with Gasteiger partial charge in [0.1, 0.15) is 0 Å². The number of halogens is 2. The van der Waals surface area contributed by atoms with Crippen molar-refractivity contribution in [2.24, 2.45) is 5.10 Å². The highest BCUT2D eigenvalue weighted by Gasteiger charge is 2.27. The normalized spacial score (nSPS) is 11.7. The van der Waals surface area contributed by atoms with E-state index in [0.29, 0.717) is 21.2 Å². The van der Waals surface area contributed by atoms with Gasteiger partial charge in [0.05, 0.1) is 17.7 Å². The lowest BCUT2D eigenvalue weighted by molar-refractivity contribution is -0.121. The third kappa shape index (κ3) is 6.60. The van der Waals surface area contributed by atoms with Crippen LogP contribution in [-0.2, 0) is 21.4 Å². The molecule has 7 nitrogen and oxygen atoms in total. The number of benzene rings is 2. The van der Waals surface area contributed by atoms with Gasteiger partial charge in [0, 0.05) is 34.5 Å². The van der Waals surface area contributed by atoms with Gasteiger partial charge in [-0.05, 0) is 48.0 Å². The Morgan fingerprint density at radius 3 is 2.29 bits per heavy atom. The van der Waals surface area contributed by atoms with Crippen LogP contribution in [-0.4, -0.2) is 36.4 Å². The SMILES string of the molecule is O=C(CN(Cc1ccc(Cl)cc1)S(=O)(=O)c1ccc(Cl)cc1)N/N=C\c1cccnc1. The molecule has 31 heavy (non-hydrogen) atoms. The van der Waals surface area contributed by atoms with Crippen LogP contribution >= 0.6 is 23.2 Å². The van der Waals surface area contributed by atoms with Crippen LogP contribution in [0.3, 0.4) is 0 Å². The minimum Gasteiger partial charge on any atom is -0.272 e. The molecule has 0 spiro atoms. The van der Waals surface area contributed by atoms with Crippen LogP contribution in [0.25, 0.3) is 0 Å². The maximum atomic E-state index is 13.2. The molecule has 0 aliphatic rings. The fourth-order valence-corrected chi connectivity index (χ4v) is 4.24. The molecule has 3 rings (SSSR count). The third-order valence-corrected chi connectivity index (χ3v) is 6.44. The standard InChI is InChI=1S/C21H18Cl2N4O3S/c22-18-5-3-16(4-6-18)14-27(31(29,30)20-9-7-19(23)8-10-20)15-21(28)26-25-13-17-2-1-11-24-12-17/h1-13H,14-15H2,(H,26,28)/b25-13-. The summed E-state index contributed by atoms with van der Waals surface area (Å²) in [5.41, 5.74) is 3.71. The molecule has 0 bridgehead atoms. The fourth-order valence-electron chi connectivity index (χ4n) is 2.60. The number of nitrogens with zero attached hydrogens (tertiary/aromatic N) is 3. The molecule has 0 saturated heterocycles. The highest BCUT2D eigenvalue weighted by Crippen LogP contribution is 2.21. The van der Waals surface area contributed by atoms with E-state index in [-0.39, 0.29) is 11.4 Å². The summed E-state index contributed by atoms with van der Waals surface area (Å²) >= 11 is 11.8. The fraction of sp³-hybridized carbons (Fsp3) is 0.0952. The predicted molar refractivity (Wildman–Crippen MR) is 120 cm³/mol. The number of hydrazone groups is 1. The first-order valence-electron chi connectivity index (χ1n) is 9.07. The first-order chi connectivity index (χ1) is 14.8. The van der Waals surface area contributed by atoms with E-state index in [0.717, 1.165) is 4.31 Å². The van der Waals surface area contributed by atoms with Crippen LogP contribution in [0, 0.1) is 0 Å². The van der Waals surface area contributed by atoms with Crippen molar-refractivity contribution in [2.45, 2.75) is 11.4 Å². The Morgan fingerprint density at radius 1 is 1.03 bits per heavy atom. The average molecular weight is 477 g/mol. The molecule has 1 aromatic heterocycles. The summed E-state index contributed by atoms with van der Waals surface area (Å²) in [4.78, 5) is 16.4. The number of hydrogen-bond donors (Lipinski definition) is 1. The van der Waals surface area contributed by atoms with Gasteiger partial charge in [0.15, 0.2) is 0 Å². The zero-order valence-electron chi connectivity index (χ0n) is 16.2. The molecule has 0 fully saturated rings. The average Bonchev–Trinajstić information content (AvgIpc) is 2.76. The molecule has 0 aliphatic heterocycles. The van der Waals surface area contributed by atoms with Crippen molar-refractivity contribution < 1.29 is 13.2 Å². The topological polar surface area (TPSA) is 91.7 Å². The van der Waals surface area contributed by atoms with Gasteiger partial charge in [-0.1, -0.05) is 41.4 Å². The van der Waals surface area contributed by atoms with E-state index in [1.54, 1.807) is 48.8 Å². The Morgan fingerprint density at radius 2 is 1.68 bits per heavy atom. The van der Waals surface area contributed by atoms with E-state index in [1.807, 2.05) is 0 Å². The number of nitrogens with one attached hydrogen (secondary N) is 1. The molecule has 0 saturated carbocycles. The van der Waals surface area contributed by atoms with Crippen LogP contribution < -0.4 is 5.43 Å². The summed E-state index contributed by atoms with van der Waals surface area (Å²) < 4.78 is 27.4. The molecule has 3 aromatic rings. The number of aromatic nitrogens is 1. The zero-order valence-corrected chi connectivity index (χ0v) is 18.5. The molecular weight excluding hydrogens is 459 g/mol. The number of rotatable bonds is 8. The summed E-state index contributed by atoms with van der Waals surface area (Å²) in [5, 5.41) is 4.79. The highest BCUT2D eigenvalue weighted by molar-refractivity contribution is 7.89. The third-order valence-electron chi connectivity index (χ3n) is 4.13. The highest BCUT2D eigenvalue weighted by atomic mass is 35.5. The van der Waals surface area contributed by atoms with Crippen LogP contribution in [0.1, 0.15) is 11.1 Å². The van der Waals surface area contributed by atoms with Crippen molar-refractivity contribution in [1.29, 1.82) is 0 Å².